The monoisotopic (exact) mass is 514 g/mol. The van der Waals surface area contributed by atoms with E-state index >= 15 is 0 Å². The fourth-order valence-electron chi connectivity index (χ4n) is 3.57. The van der Waals surface area contributed by atoms with Crippen LogP contribution in [0.1, 0.15) is 37.0 Å². The number of alkyl halides is 6. The van der Waals surface area contributed by atoms with Gasteiger partial charge in [0.25, 0.3) is 11.6 Å². The van der Waals surface area contributed by atoms with Crippen LogP contribution in [0.2, 0.25) is 0 Å². The fourth-order valence-corrected chi connectivity index (χ4v) is 3.57. The molecule has 0 aliphatic carbocycles. The highest BCUT2D eigenvalue weighted by Crippen LogP contribution is 2.29. The van der Waals surface area contributed by atoms with Gasteiger partial charge < -0.3 is 19.9 Å². The summed E-state index contributed by atoms with van der Waals surface area (Å²) in [7, 11) is 0. The number of carbonyl (C=O) groups is 2. The molecular formula is C20H24F6N4O5. The number of nitro groups is 1. The summed E-state index contributed by atoms with van der Waals surface area (Å²) in [6.07, 6.45) is -9.87. The zero-order valence-corrected chi connectivity index (χ0v) is 18.8. The van der Waals surface area contributed by atoms with E-state index in [1.807, 2.05) is 0 Å². The average Bonchev–Trinajstić information content (AvgIpc) is 3.17. The molecule has 2 amide bonds. The molecule has 1 atom stereocenters. The number of nitro benzene ring substituents is 1. The van der Waals surface area contributed by atoms with Crippen LogP contribution in [0.3, 0.4) is 0 Å². The molecule has 1 aliphatic rings. The van der Waals surface area contributed by atoms with Gasteiger partial charge in [-0.1, -0.05) is 0 Å². The average molecular weight is 514 g/mol. The Labute approximate surface area is 196 Å². The summed E-state index contributed by atoms with van der Waals surface area (Å²) in [5.74, 6) is -1.66. The highest BCUT2D eigenvalue weighted by molar-refractivity contribution is 5.95. The molecular weight excluding hydrogens is 490 g/mol. The molecule has 1 aromatic carbocycles. The maximum Gasteiger partial charge on any atom is 0.410 e. The largest absolute Gasteiger partial charge is 0.447 e. The normalized spacial score (nSPS) is 16.4. The number of anilines is 1. The Kier molecular flexibility index (Phi) is 8.79. The lowest BCUT2D eigenvalue weighted by Crippen LogP contribution is -2.44. The second-order valence-corrected chi connectivity index (χ2v) is 8.18. The fraction of sp³-hybridized carbons (Fsp3) is 0.600. The third kappa shape index (κ3) is 8.47. The highest BCUT2D eigenvalue weighted by Gasteiger charge is 2.40. The van der Waals surface area contributed by atoms with Crippen LogP contribution in [0.15, 0.2) is 18.2 Å². The number of hydrogen-bond donors (Lipinski definition) is 1. The minimum atomic E-state index is -5.11. The van der Waals surface area contributed by atoms with E-state index in [0.29, 0.717) is 25.5 Å². The first-order valence-corrected chi connectivity index (χ1v) is 10.5. The van der Waals surface area contributed by atoms with Gasteiger partial charge in [-0.25, -0.2) is 4.79 Å². The van der Waals surface area contributed by atoms with E-state index < -0.39 is 58.5 Å². The van der Waals surface area contributed by atoms with Crippen LogP contribution in [-0.2, 0) is 4.74 Å². The van der Waals surface area contributed by atoms with Crippen molar-refractivity contribution in [3.63, 3.8) is 0 Å². The number of rotatable bonds is 8. The minimum Gasteiger partial charge on any atom is -0.447 e. The van der Waals surface area contributed by atoms with Gasteiger partial charge in [-0.2, -0.15) is 26.3 Å². The van der Waals surface area contributed by atoms with Gasteiger partial charge in [0.15, 0.2) is 0 Å². The molecule has 0 spiro atoms. The van der Waals surface area contributed by atoms with Gasteiger partial charge in [0.05, 0.1) is 17.1 Å². The van der Waals surface area contributed by atoms with Crippen molar-refractivity contribution in [2.24, 2.45) is 0 Å². The quantitative estimate of drug-likeness (QED) is 0.309. The maximum absolute atomic E-state index is 12.7. The molecule has 1 N–H and O–H groups in total. The Morgan fingerprint density at radius 3 is 2.31 bits per heavy atom. The lowest BCUT2D eigenvalue weighted by atomic mass is 10.1. The van der Waals surface area contributed by atoms with Crippen LogP contribution >= 0.6 is 0 Å². The number of nitrogens with one attached hydrogen (secondary N) is 1. The number of benzene rings is 1. The maximum atomic E-state index is 12.7. The van der Waals surface area contributed by atoms with E-state index in [-0.39, 0.29) is 24.4 Å². The van der Waals surface area contributed by atoms with E-state index in [1.54, 1.807) is 13.8 Å². The molecule has 0 aromatic heterocycles. The number of amides is 2. The van der Waals surface area contributed by atoms with Crippen molar-refractivity contribution < 1.29 is 45.6 Å². The highest BCUT2D eigenvalue weighted by atomic mass is 19.4. The molecule has 1 saturated heterocycles. The Bertz CT molecular complexity index is 922. The molecule has 9 nitrogen and oxygen atoms in total. The van der Waals surface area contributed by atoms with E-state index in [0.717, 1.165) is 12.1 Å². The lowest BCUT2D eigenvalue weighted by molar-refractivity contribution is -0.384. The zero-order valence-electron chi connectivity index (χ0n) is 18.8. The van der Waals surface area contributed by atoms with Crippen molar-refractivity contribution in [3.05, 3.63) is 33.9 Å². The van der Waals surface area contributed by atoms with Crippen molar-refractivity contribution in [3.8, 4) is 0 Å². The van der Waals surface area contributed by atoms with Crippen LogP contribution < -0.4 is 5.32 Å². The summed E-state index contributed by atoms with van der Waals surface area (Å²) < 4.78 is 81.5. The van der Waals surface area contributed by atoms with Crippen molar-refractivity contribution in [2.45, 2.75) is 51.2 Å². The summed E-state index contributed by atoms with van der Waals surface area (Å²) >= 11 is 0. The number of likely N-dealkylation sites (tertiary alicyclic amines) is 1. The smallest absolute Gasteiger partial charge is 0.410 e. The van der Waals surface area contributed by atoms with E-state index in [4.69, 9.17) is 4.74 Å². The molecule has 2 rings (SSSR count). The van der Waals surface area contributed by atoms with E-state index in [1.165, 1.54) is 4.90 Å². The third-order valence-electron chi connectivity index (χ3n) is 4.95. The second kappa shape index (κ2) is 11.0. The summed E-state index contributed by atoms with van der Waals surface area (Å²) in [5.41, 5.74) is -1.54. The van der Waals surface area contributed by atoms with E-state index in [2.05, 4.69) is 5.32 Å². The van der Waals surface area contributed by atoms with Gasteiger partial charge in [0, 0.05) is 24.7 Å². The number of halogens is 6. The zero-order chi connectivity index (χ0) is 26.6. The van der Waals surface area contributed by atoms with Gasteiger partial charge in [0.1, 0.15) is 18.8 Å². The van der Waals surface area contributed by atoms with Crippen LogP contribution in [0, 0.1) is 10.1 Å². The number of nitrogens with zero attached hydrogens (tertiary/aromatic N) is 3. The first kappa shape index (κ1) is 28.0. The first-order chi connectivity index (χ1) is 16.1. The Hall–Kier alpha value is -3.26. The summed E-state index contributed by atoms with van der Waals surface area (Å²) in [6.45, 7) is -0.514. The lowest BCUT2D eigenvalue weighted by Gasteiger charge is -2.26. The van der Waals surface area contributed by atoms with Crippen molar-refractivity contribution in [1.29, 1.82) is 0 Å². The van der Waals surface area contributed by atoms with Crippen molar-refractivity contribution >= 4 is 23.4 Å². The standard InChI is InChI=1S/C20H24F6N4O5/c1-12(2)35-18(32)29-7-3-4-14(29)9-27-15-6-5-13(8-16(15)30(33)34)17(31)28(10-19(21,22)23)11-20(24,25)26/h5-6,8,12,14,27H,3-4,7,9-11H2,1-2H3/t14-/m1/s1. The third-order valence-corrected chi connectivity index (χ3v) is 4.95. The molecule has 0 unspecified atom stereocenters. The number of ether oxygens (including phenoxy) is 1. The SMILES string of the molecule is CC(C)OC(=O)N1CCC[C@@H]1CNc1ccc(C(=O)N(CC(F)(F)F)CC(F)(F)F)cc1[N+](=O)[O-]. The van der Waals surface area contributed by atoms with Crippen molar-refractivity contribution in [1.82, 2.24) is 9.80 Å². The Balaban J connectivity index is 2.22. The number of hydrogen-bond acceptors (Lipinski definition) is 6. The molecule has 1 heterocycles. The summed E-state index contributed by atoms with van der Waals surface area (Å²) in [5, 5.41) is 14.3. The van der Waals surface area contributed by atoms with Gasteiger partial charge in [-0.05, 0) is 38.8 Å². The van der Waals surface area contributed by atoms with Crippen LogP contribution in [-0.4, -0.2) is 77.4 Å². The molecule has 0 saturated carbocycles. The van der Waals surface area contributed by atoms with E-state index in [9.17, 15) is 46.0 Å². The van der Waals surface area contributed by atoms with Crippen LogP contribution in [0.25, 0.3) is 0 Å². The molecule has 0 bridgehead atoms. The Morgan fingerprint density at radius 1 is 1.20 bits per heavy atom. The summed E-state index contributed by atoms with van der Waals surface area (Å²) in [4.78, 5) is 36.2. The molecule has 196 valence electrons. The molecule has 1 fully saturated rings. The number of carbonyl (C=O) groups excluding carboxylic acids is 2. The topological polar surface area (TPSA) is 105 Å². The summed E-state index contributed by atoms with van der Waals surface area (Å²) in [6, 6.07) is 2.17. The molecule has 1 aromatic rings. The van der Waals surface area contributed by atoms with Crippen LogP contribution in [0.5, 0.6) is 0 Å². The van der Waals surface area contributed by atoms with Gasteiger partial charge >= 0.3 is 18.4 Å². The predicted octanol–water partition coefficient (Wildman–Crippen LogP) is 4.58. The first-order valence-electron chi connectivity index (χ1n) is 10.5. The Morgan fingerprint density at radius 2 is 1.80 bits per heavy atom. The molecule has 1 aliphatic heterocycles. The van der Waals surface area contributed by atoms with Gasteiger partial charge in [0.2, 0.25) is 0 Å². The molecule has 0 radical (unpaired) electrons. The van der Waals surface area contributed by atoms with Crippen LogP contribution in [0.4, 0.5) is 42.5 Å². The molecule has 15 heteroatoms. The second-order valence-electron chi connectivity index (χ2n) is 8.18. The molecule has 35 heavy (non-hydrogen) atoms. The minimum absolute atomic E-state index is 0.0651. The predicted molar refractivity (Wildman–Crippen MR) is 111 cm³/mol. The van der Waals surface area contributed by atoms with Crippen molar-refractivity contribution in [2.75, 3.05) is 31.5 Å². The van der Waals surface area contributed by atoms with Gasteiger partial charge in [-0.15, -0.1) is 0 Å². The van der Waals surface area contributed by atoms with Gasteiger partial charge in [-0.3, -0.25) is 14.9 Å².